The zero-order chi connectivity index (χ0) is 7.68. The van der Waals surface area contributed by atoms with Crippen LogP contribution in [0.25, 0.3) is 0 Å². The molecule has 0 spiro atoms. The Morgan fingerprint density at radius 3 is 2.91 bits per heavy atom. The van der Waals surface area contributed by atoms with Crippen molar-refractivity contribution in [1.82, 2.24) is 10.2 Å². The number of hydrogen-bond acceptors (Lipinski definition) is 4. The summed E-state index contributed by atoms with van der Waals surface area (Å²) in [7, 11) is 0. The topological polar surface area (TPSA) is 48.2 Å². The van der Waals surface area contributed by atoms with E-state index in [1.807, 2.05) is 0 Å². The Bertz CT molecular complexity index is 244. The Labute approximate surface area is 68.5 Å². The molecule has 1 aliphatic rings. The molecule has 1 aromatic heterocycles. The van der Waals surface area contributed by atoms with Gasteiger partial charge in [-0.2, -0.15) is 0 Å². The van der Waals surface area contributed by atoms with Gasteiger partial charge in [0.1, 0.15) is 0 Å². The van der Waals surface area contributed by atoms with Crippen molar-refractivity contribution in [3.8, 4) is 0 Å². The fourth-order valence-electron chi connectivity index (χ4n) is 1.11. The molecule has 0 saturated carbocycles. The maximum Gasteiger partial charge on any atom is 0.312 e. The van der Waals surface area contributed by atoms with E-state index < -0.39 is 0 Å². The van der Waals surface area contributed by atoms with Gasteiger partial charge in [-0.1, -0.05) is 5.10 Å². The van der Waals surface area contributed by atoms with Crippen LogP contribution in [0.4, 0.5) is 0 Å². The van der Waals surface area contributed by atoms with E-state index in [4.69, 9.17) is 20.8 Å². The minimum Gasteiger partial charge on any atom is -0.412 e. The average molecular weight is 175 g/mol. The molecule has 0 radical (unpaired) electrons. The summed E-state index contributed by atoms with van der Waals surface area (Å²) in [6.07, 6.45) is 0.943. The lowest BCUT2D eigenvalue weighted by Crippen LogP contribution is -1.97. The normalized spacial score (nSPS) is 24.3. The monoisotopic (exact) mass is 174 g/mol. The average Bonchev–Trinajstić information content (AvgIpc) is 2.55. The summed E-state index contributed by atoms with van der Waals surface area (Å²) in [6, 6.07) is 0. The molecule has 1 aromatic rings. The fraction of sp³-hybridized carbons (Fsp3) is 0.667. The highest BCUT2D eigenvalue weighted by molar-refractivity contribution is 6.27. The van der Waals surface area contributed by atoms with Crippen LogP contribution in [0.2, 0.25) is 5.35 Å². The Hall–Kier alpha value is -0.610. The minimum atomic E-state index is 0.104. The number of nitrogens with zero attached hydrogens (tertiary/aromatic N) is 2. The molecule has 5 heteroatoms. The first-order valence-corrected chi connectivity index (χ1v) is 3.80. The lowest BCUT2D eigenvalue weighted by molar-refractivity contribution is 0.190. The van der Waals surface area contributed by atoms with Crippen molar-refractivity contribution >= 4 is 11.6 Å². The molecule has 1 unspecified atom stereocenters. The van der Waals surface area contributed by atoms with Gasteiger partial charge in [-0.3, -0.25) is 0 Å². The molecule has 2 rings (SSSR count). The van der Waals surface area contributed by atoms with Crippen LogP contribution in [0.15, 0.2) is 4.42 Å². The second-order valence-corrected chi connectivity index (χ2v) is 2.78. The van der Waals surface area contributed by atoms with Crippen molar-refractivity contribution in [3.63, 3.8) is 0 Å². The van der Waals surface area contributed by atoms with Crippen LogP contribution in [0.5, 0.6) is 0 Å². The van der Waals surface area contributed by atoms with Gasteiger partial charge in [0.05, 0.1) is 12.5 Å². The molecule has 0 bridgehead atoms. The van der Waals surface area contributed by atoms with Crippen LogP contribution in [0.3, 0.4) is 0 Å². The van der Waals surface area contributed by atoms with Crippen LogP contribution in [0, 0.1) is 0 Å². The van der Waals surface area contributed by atoms with Crippen LogP contribution < -0.4 is 0 Å². The SMILES string of the molecule is Clc1nnc(C2CCOC2)o1. The van der Waals surface area contributed by atoms with Crippen molar-refractivity contribution in [1.29, 1.82) is 0 Å². The van der Waals surface area contributed by atoms with Crippen LogP contribution in [-0.2, 0) is 4.74 Å². The first-order valence-electron chi connectivity index (χ1n) is 3.43. The second kappa shape index (κ2) is 2.79. The summed E-state index contributed by atoms with van der Waals surface area (Å²) in [5, 5.41) is 7.43. The molecule has 1 atom stereocenters. The highest BCUT2D eigenvalue weighted by Crippen LogP contribution is 2.24. The van der Waals surface area contributed by atoms with E-state index in [0.717, 1.165) is 13.0 Å². The van der Waals surface area contributed by atoms with Crippen molar-refractivity contribution in [2.45, 2.75) is 12.3 Å². The summed E-state index contributed by atoms with van der Waals surface area (Å²) in [5.41, 5.74) is 0. The van der Waals surface area contributed by atoms with E-state index >= 15 is 0 Å². The van der Waals surface area contributed by atoms with Crippen molar-refractivity contribution < 1.29 is 9.15 Å². The molecular formula is C6H7ClN2O2. The first-order chi connectivity index (χ1) is 5.36. The van der Waals surface area contributed by atoms with Crippen molar-refractivity contribution in [2.75, 3.05) is 13.2 Å². The fourth-order valence-corrected chi connectivity index (χ4v) is 1.23. The summed E-state index contributed by atoms with van der Waals surface area (Å²) < 4.78 is 10.2. The quantitative estimate of drug-likeness (QED) is 0.643. The highest BCUT2D eigenvalue weighted by Gasteiger charge is 2.22. The standard InChI is InChI=1S/C6H7ClN2O2/c7-6-9-8-5(11-6)4-1-2-10-3-4/h4H,1-3H2. The van der Waals surface area contributed by atoms with Gasteiger partial charge in [-0.05, 0) is 18.0 Å². The molecule has 4 nitrogen and oxygen atoms in total. The lowest BCUT2D eigenvalue weighted by Gasteiger charge is -1.97. The van der Waals surface area contributed by atoms with Gasteiger partial charge in [0.15, 0.2) is 0 Å². The van der Waals surface area contributed by atoms with E-state index in [1.165, 1.54) is 0 Å². The molecule has 0 aliphatic carbocycles. The summed E-state index contributed by atoms with van der Waals surface area (Å²) in [4.78, 5) is 0. The van der Waals surface area contributed by atoms with Crippen LogP contribution in [-0.4, -0.2) is 23.4 Å². The molecule has 0 aromatic carbocycles. The maximum absolute atomic E-state index is 5.46. The predicted molar refractivity (Wildman–Crippen MR) is 37.5 cm³/mol. The zero-order valence-corrected chi connectivity index (χ0v) is 6.54. The Balaban J connectivity index is 2.15. The van der Waals surface area contributed by atoms with Gasteiger partial charge in [-0.15, -0.1) is 5.10 Å². The van der Waals surface area contributed by atoms with E-state index in [0.29, 0.717) is 12.5 Å². The largest absolute Gasteiger partial charge is 0.412 e. The third-order valence-corrected chi connectivity index (χ3v) is 1.85. The van der Waals surface area contributed by atoms with Gasteiger partial charge in [0.25, 0.3) is 0 Å². The Kier molecular flexibility index (Phi) is 1.79. The number of ether oxygens (including phenoxy) is 1. The minimum absolute atomic E-state index is 0.104. The van der Waals surface area contributed by atoms with Crippen molar-refractivity contribution in [2.24, 2.45) is 0 Å². The molecule has 1 saturated heterocycles. The Morgan fingerprint density at radius 2 is 2.36 bits per heavy atom. The molecule has 0 N–H and O–H groups in total. The summed E-state index contributed by atoms with van der Waals surface area (Å²) in [5.74, 6) is 0.836. The predicted octanol–water partition coefficient (Wildman–Crippen LogP) is 1.23. The second-order valence-electron chi connectivity index (χ2n) is 2.45. The molecular weight excluding hydrogens is 168 g/mol. The highest BCUT2D eigenvalue weighted by atomic mass is 35.5. The van der Waals surface area contributed by atoms with Gasteiger partial charge < -0.3 is 9.15 Å². The van der Waals surface area contributed by atoms with Crippen LogP contribution in [0.1, 0.15) is 18.2 Å². The summed E-state index contributed by atoms with van der Waals surface area (Å²) in [6.45, 7) is 1.43. The Morgan fingerprint density at radius 1 is 1.45 bits per heavy atom. The van der Waals surface area contributed by atoms with E-state index in [1.54, 1.807) is 0 Å². The smallest absolute Gasteiger partial charge is 0.312 e. The van der Waals surface area contributed by atoms with Gasteiger partial charge in [0.2, 0.25) is 5.89 Å². The molecule has 11 heavy (non-hydrogen) atoms. The van der Waals surface area contributed by atoms with E-state index in [9.17, 15) is 0 Å². The van der Waals surface area contributed by atoms with E-state index in [2.05, 4.69) is 10.2 Å². The first kappa shape index (κ1) is 7.06. The third kappa shape index (κ3) is 1.36. The third-order valence-electron chi connectivity index (χ3n) is 1.69. The molecule has 1 fully saturated rings. The number of halogens is 1. The van der Waals surface area contributed by atoms with Crippen LogP contribution >= 0.6 is 11.6 Å². The zero-order valence-electron chi connectivity index (χ0n) is 5.79. The summed E-state index contributed by atoms with van der Waals surface area (Å²) >= 11 is 5.46. The molecule has 60 valence electrons. The lowest BCUT2D eigenvalue weighted by atomic mass is 10.1. The van der Waals surface area contributed by atoms with E-state index in [-0.39, 0.29) is 11.3 Å². The molecule has 2 heterocycles. The van der Waals surface area contributed by atoms with Gasteiger partial charge in [0, 0.05) is 6.61 Å². The van der Waals surface area contributed by atoms with Gasteiger partial charge >= 0.3 is 5.35 Å². The number of hydrogen-bond donors (Lipinski definition) is 0. The molecule has 1 aliphatic heterocycles. The van der Waals surface area contributed by atoms with Crippen molar-refractivity contribution in [3.05, 3.63) is 11.2 Å². The maximum atomic E-state index is 5.46. The molecule has 0 amide bonds. The van der Waals surface area contributed by atoms with Gasteiger partial charge in [-0.25, -0.2) is 0 Å². The number of aromatic nitrogens is 2. The number of rotatable bonds is 1.